The van der Waals surface area contributed by atoms with Gasteiger partial charge in [0.25, 0.3) is 0 Å². The highest BCUT2D eigenvalue weighted by atomic mass is 16.4. The fourth-order valence-corrected chi connectivity index (χ4v) is 3.42. The molecule has 25 heavy (non-hydrogen) atoms. The van der Waals surface area contributed by atoms with Crippen molar-refractivity contribution < 1.29 is 9.90 Å². The van der Waals surface area contributed by atoms with Gasteiger partial charge in [-0.15, -0.1) is 0 Å². The molecule has 2 aromatic carbocycles. The lowest BCUT2D eigenvalue weighted by Gasteiger charge is -2.17. The van der Waals surface area contributed by atoms with Gasteiger partial charge >= 0.3 is 0 Å². The molecule has 0 saturated heterocycles. The van der Waals surface area contributed by atoms with Gasteiger partial charge < -0.3 is 19.0 Å². The van der Waals surface area contributed by atoms with Crippen LogP contribution in [0, 0.1) is 0 Å². The summed E-state index contributed by atoms with van der Waals surface area (Å²) in [7, 11) is 3.80. The van der Waals surface area contributed by atoms with Gasteiger partial charge in [0.15, 0.2) is 0 Å². The largest absolute Gasteiger partial charge is 0.550 e. The third-order valence-electron chi connectivity index (χ3n) is 4.64. The summed E-state index contributed by atoms with van der Waals surface area (Å²) in [4.78, 5) is 20.8. The lowest BCUT2D eigenvalue weighted by molar-refractivity contribution is -0.306. The summed E-state index contributed by atoms with van der Waals surface area (Å²) in [6.45, 7) is 0. The molecule has 126 valence electrons. The number of imidazole rings is 2. The summed E-state index contributed by atoms with van der Waals surface area (Å²) >= 11 is 0. The average Bonchev–Trinajstić information content (AvgIpc) is 3.11. The number of carbonyl (C=O) groups is 1. The van der Waals surface area contributed by atoms with E-state index in [1.54, 1.807) is 0 Å². The molecule has 0 amide bonds. The molecule has 0 aliphatic rings. The van der Waals surface area contributed by atoms with Gasteiger partial charge in [0.1, 0.15) is 11.6 Å². The number of rotatable bonds is 4. The van der Waals surface area contributed by atoms with Crippen LogP contribution in [0.5, 0.6) is 0 Å². The highest BCUT2D eigenvalue weighted by Gasteiger charge is 2.25. The maximum atomic E-state index is 11.4. The third kappa shape index (κ3) is 2.46. The van der Waals surface area contributed by atoms with Crippen LogP contribution in [0.15, 0.2) is 48.5 Å². The lowest BCUT2D eigenvalue weighted by Crippen LogP contribution is -2.27. The Balaban J connectivity index is 1.94. The summed E-state index contributed by atoms with van der Waals surface area (Å²) in [6.07, 6.45) is -0.172. The molecule has 0 aliphatic heterocycles. The molecule has 2 heterocycles. The topological polar surface area (TPSA) is 75.8 Å². The van der Waals surface area contributed by atoms with Crippen LogP contribution in [0.3, 0.4) is 0 Å². The zero-order chi connectivity index (χ0) is 17.6. The molecular formula is C19H17N4O2-. The fourth-order valence-electron chi connectivity index (χ4n) is 3.42. The van der Waals surface area contributed by atoms with Crippen molar-refractivity contribution in [2.45, 2.75) is 12.3 Å². The number of para-hydroxylation sites is 4. The quantitative estimate of drug-likeness (QED) is 0.570. The number of aliphatic carboxylic acids is 1. The standard InChI is InChI=1S/C19H18N4O2/c1-22-15-9-5-3-7-13(15)20-18(22)12(11-17(24)25)19-21-14-8-4-6-10-16(14)23(19)2/h3-10,12H,11H2,1-2H3,(H,24,25)/p-1. The molecule has 0 spiro atoms. The molecule has 0 fully saturated rings. The number of carboxylic acid groups (broad SMARTS) is 1. The second-order valence-corrected chi connectivity index (χ2v) is 6.16. The first-order valence-electron chi connectivity index (χ1n) is 8.09. The summed E-state index contributed by atoms with van der Waals surface area (Å²) in [5.74, 6) is -0.267. The van der Waals surface area contributed by atoms with Crippen LogP contribution in [0.25, 0.3) is 22.1 Å². The molecule has 6 heteroatoms. The van der Waals surface area contributed by atoms with E-state index in [4.69, 9.17) is 0 Å². The Labute approximate surface area is 144 Å². The van der Waals surface area contributed by atoms with Crippen LogP contribution in [0.1, 0.15) is 24.0 Å². The number of carboxylic acids is 1. The molecule has 0 aliphatic carbocycles. The van der Waals surface area contributed by atoms with Gasteiger partial charge in [0.05, 0.1) is 28.0 Å². The Morgan fingerprint density at radius 3 is 1.76 bits per heavy atom. The van der Waals surface area contributed by atoms with Crippen LogP contribution in [-0.4, -0.2) is 25.1 Å². The summed E-state index contributed by atoms with van der Waals surface area (Å²) < 4.78 is 3.87. The normalized spacial score (nSPS) is 11.6. The van der Waals surface area contributed by atoms with Crippen LogP contribution >= 0.6 is 0 Å². The van der Waals surface area contributed by atoms with Crippen molar-refractivity contribution in [1.82, 2.24) is 19.1 Å². The molecule has 0 atom stereocenters. The van der Waals surface area contributed by atoms with Crippen molar-refractivity contribution in [1.29, 1.82) is 0 Å². The number of nitrogens with zero attached hydrogens (tertiary/aromatic N) is 4. The van der Waals surface area contributed by atoms with Gasteiger partial charge in [0.2, 0.25) is 0 Å². The van der Waals surface area contributed by atoms with E-state index in [2.05, 4.69) is 9.97 Å². The highest BCUT2D eigenvalue weighted by molar-refractivity contribution is 5.78. The number of hydrogen-bond acceptors (Lipinski definition) is 4. The lowest BCUT2D eigenvalue weighted by atomic mass is 10.0. The number of carbonyl (C=O) groups excluding carboxylic acids is 1. The monoisotopic (exact) mass is 333 g/mol. The molecule has 6 nitrogen and oxygen atoms in total. The van der Waals surface area contributed by atoms with E-state index >= 15 is 0 Å². The minimum atomic E-state index is -1.12. The van der Waals surface area contributed by atoms with E-state index in [9.17, 15) is 9.90 Å². The fraction of sp³-hybridized carbons (Fsp3) is 0.211. The molecular weight excluding hydrogens is 316 g/mol. The number of benzene rings is 2. The number of aryl methyl sites for hydroxylation is 2. The first-order valence-corrected chi connectivity index (χ1v) is 8.09. The second-order valence-electron chi connectivity index (χ2n) is 6.16. The zero-order valence-corrected chi connectivity index (χ0v) is 14.0. The Bertz CT molecular complexity index is 1010. The average molecular weight is 333 g/mol. The summed E-state index contributed by atoms with van der Waals surface area (Å²) in [5, 5.41) is 11.4. The van der Waals surface area contributed by atoms with Crippen molar-refractivity contribution in [3.63, 3.8) is 0 Å². The van der Waals surface area contributed by atoms with Gasteiger partial charge in [-0.1, -0.05) is 24.3 Å². The van der Waals surface area contributed by atoms with E-state index in [-0.39, 0.29) is 6.42 Å². The van der Waals surface area contributed by atoms with Crippen molar-refractivity contribution in [2.75, 3.05) is 0 Å². The second kappa shape index (κ2) is 5.73. The molecule has 4 rings (SSSR count). The number of fused-ring (bicyclic) bond motifs is 2. The first-order chi connectivity index (χ1) is 12.1. The Kier molecular flexibility index (Phi) is 3.53. The predicted octanol–water partition coefficient (Wildman–Crippen LogP) is 1.73. The number of hydrogen-bond donors (Lipinski definition) is 0. The van der Waals surface area contributed by atoms with Crippen molar-refractivity contribution in [3.8, 4) is 0 Å². The van der Waals surface area contributed by atoms with Gasteiger partial charge in [-0.3, -0.25) is 0 Å². The van der Waals surface area contributed by atoms with Crippen molar-refractivity contribution >= 4 is 28.0 Å². The van der Waals surface area contributed by atoms with E-state index in [0.717, 1.165) is 22.1 Å². The molecule has 0 saturated carbocycles. The van der Waals surface area contributed by atoms with Gasteiger partial charge in [0, 0.05) is 26.5 Å². The molecule has 0 bridgehead atoms. The highest BCUT2D eigenvalue weighted by Crippen LogP contribution is 2.30. The minimum absolute atomic E-state index is 0.172. The Morgan fingerprint density at radius 1 is 0.920 bits per heavy atom. The van der Waals surface area contributed by atoms with E-state index in [0.29, 0.717) is 11.6 Å². The van der Waals surface area contributed by atoms with Crippen molar-refractivity contribution in [3.05, 3.63) is 60.2 Å². The predicted molar refractivity (Wildman–Crippen MR) is 92.9 cm³/mol. The SMILES string of the molecule is Cn1c(C(CC(=O)[O-])c2nc3ccccc3n2C)nc2ccccc21. The molecule has 0 N–H and O–H groups in total. The molecule has 2 aromatic heterocycles. The van der Waals surface area contributed by atoms with Crippen LogP contribution < -0.4 is 5.11 Å². The Morgan fingerprint density at radius 2 is 1.36 bits per heavy atom. The molecule has 4 aromatic rings. The van der Waals surface area contributed by atoms with Gasteiger partial charge in [-0.2, -0.15) is 0 Å². The molecule has 0 unspecified atom stereocenters. The number of aromatic nitrogens is 4. The maximum absolute atomic E-state index is 11.4. The smallest absolute Gasteiger partial charge is 0.120 e. The molecule has 0 radical (unpaired) electrons. The van der Waals surface area contributed by atoms with E-state index < -0.39 is 11.9 Å². The van der Waals surface area contributed by atoms with Crippen molar-refractivity contribution in [2.24, 2.45) is 14.1 Å². The third-order valence-corrected chi connectivity index (χ3v) is 4.64. The van der Waals surface area contributed by atoms with Gasteiger partial charge in [-0.25, -0.2) is 9.97 Å². The van der Waals surface area contributed by atoms with E-state index in [1.165, 1.54) is 0 Å². The van der Waals surface area contributed by atoms with Crippen LogP contribution in [-0.2, 0) is 18.9 Å². The summed E-state index contributed by atoms with van der Waals surface area (Å²) in [6, 6.07) is 15.5. The summed E-state index contributed by atoms with van der Waals surface area (Å²) in [5.41, 5.74) is 3.59. The first kappa shape index (κ1) is 15.4. The van der Waals surface area contributed by atoms with Crippen LogP contribution in [0.4, 0.5) is 0 Å². The zero-order valence-electron chi connectivity index (χ0n) is 14.0. The van der Waals surface area contributed by atoms with Gasteiger partial charge in [-0.05, 0) is 24.3 Å². The minimum Gasteiger partial charge on any atom is -0.550 e. The Hall–Kier alpha value is -3.15. The van der Waals surface area contributed by atoms with E-state index in [1.807, 2.05) is 71.8 Å². The maximum Gasteiger partial charge on any atom is 0.120 e. The van der Waals surface area contributed by atoms with Crippen LogP contribution in [0.2, 0.25) is 0 Å².